The van der Waals surface area contributed by atoms with E-state index in [1.165, 1.54) is 12.1 Å². The van der Waals surface area contributed by atoms with E-state index in [0.29, 0.717) is 30.3 Å². The van der Waals surface area contributed by atoms with Crippen LogP contribution in [0.15, 0.2) is 59.4 Å². The summed E-state index contributed by atoms with van der Waals surface area (Å²) in [5.41, 5.74) is 0.641. The van der Waals surface area contributed by atoms with Gasteiger partial charge in [-0.25, -0.2) is 4.39 Å². The SMILES string of the molecule is O=C(c1cc(-c2ccccc2F)no1)N1C[C@H]2CC[C@H](Oc3cccnc3)[C@H]2C1. The zero-order chi connectivity index (χ0) is 19.8. The molecule has 2 fully saturated rings. The van der Waals surface area contributed by atoms with Crippen LogP contribution in [0.3, 0.4) is 0 Å². The summed E-state index contributed by atoms with van der Waals surface area (Å²) in [6, 6.07) is 11.6. The Bertz CT molecular complexity index is 1020. The Morgan fingerprint density at radius 1 is 1.17 bits per heavy atom. The number of benzene rings is 1. The van der Waals surface area contributed by atoms with Gasteiger partial charge in [0.25, 0.3) is 5.91 Å². The van der Waals surface area contributed by atoms with E-state index in [0.717, 1.165) is 18.6 Å². The van der Waals surface area contributed by atoms with Crippen LogP contribution in [0.1, 0.15) is 23.4 Å². The Kier molecular flexibility index (Phi) is 4.50. The first kappa shape index (κ1) is 17.8. The normalized spacial score (nSPS) is 23.2. The molecule has 5 rings (SSSR count). The number of aromatic nitrogens is 2. The highest BCUT2D eigenvalue weighted by Crippen LogP contribution is 2.40. The second kappa shape index (κ2) is 7.31. The molecule has 1 aliphatic carbocycles. The summed E-state index contributed by atoms with van der Waals surface area (Å²) >= 11 is 0. The second-order valence-corrected chi connectivity index (χ2v) is 7.61. The van der Waals surface area contributed by atoms with Gasteiger partial charge in [-0.05, 0) is 43.0 Å². The van der Waals surface area contributed by atoms with Crippen LogP contribution in [0.5, 0.6) is 5.75 Å². The number of pyridine rings is 1. The largest absolute Gasteiger partial charge is 0.488 e. The van der Waals surface area contributed by atoms with E-state index in [4.69, 9.17) is 9.26 Å². The summed E-state index contributed by atoms with van der Waals surface area (Å²) in [5, 5.41) is 3.89. The third kappa shape index (κ3) is 3.37. The monoisotopic (exact) mass is 393 g/mol. The first-order valence-electron chi connectivity index (χ1n) is 9.76. The minimum Gasteiger partial charge on any atom is -0.488 e. The third-order valence-electron chi connectivity index (χ3n) is 5.87. The molecule has 0 radical (unpaired) electrons. The molecule has 29 heavy (non-hydrogen) atoms. The van der Waals surface area contributed by atoms with Crippen molar-refractivity contribution in [3.63, 3.8) is 0 Å². The van der Waals surface area contributed by atoms with Crippen LogP contribution in [0.4, 0.5) is 4.39 Å². The number of halogens is 1. The lowest BCUT2D eigenvalue weighted by atomic mass is 9.99. The lowest BCUT2D eigenvalue weighted by Gasteiger charge is -2.21. The average Bonchev–Trinajstić information content (AvgIpc) is 3.46. The molecule has 1 aliphatic heterocycles. The summed E-state index contributed by atoms with van der Waals surface area (Å²) in [7, 11) is 0. The molecule has 2 aliphatic rings. The van der Waals surface area contributed by atoms with Crippen molar-refractivity contribution in [2.24, 2.45) is 11.8 Å². The maximum absolute atomic E-state index is 14.0. The molecule has 0 spiro atoms. The van der Waals surface area contributed by atoms with Gasteiger partial charge in [0.2, 0.25) is 5.76 Å². The molecule has 7 heteroatoms. The molecular weight excluding hydrogens is 373 g/mol. The molecule has 3 aromatic rings. The predicted octanol–water partition coefficient (Wildman–Crippen LogP) is 3.81. The fourth-order valence-electron chi connectivity index (χ4n) is 4.45. The number of hydrogen-bond donors (Lipinski definition) is 0. The van der Waals surface area contributed by atoms with Crippen molar-refractivity contribution in [2.75, 3.05) is 13.1 Å². The Morgan fingerprint density at radius 2 is 2.07 bits per heavy atom. The molecule has 1 saturated heterocycles. The standard InChI is InChI=1S/C22H20FN3O3/c23-18-6-2-1-5-16(18)19-10-21(29-25-19)22(27)26-12-14-7-8-20(17(14)13-26)28-15-4-3-9-24-11-15/h1-6,9-11,14,17,20H,7-8,12-13H2/t14-,17+,20+/m1/s1. The van der Waals surface area contributed by atoms with E-state index in [2.05, 4.69) is 10.1 Å². The number of rotatable bonds is 4. The Morgan fingerprint density at radius 3 is 2.90 bits per heavy atom. The molecular formula is C22H20FN3O3. The first-order chi connectivity index (χ1) is 14.2. The lowest BCUT2D eigenvalue weighted by Crippen LogP contribution is -2.32. The number of nitrogens with zero attached hydrogens (tertiary/aromatic N) is 3. The minimum atomic E-state index is -0.397. The zero-order valence-electron chi connectivity index (χ0n) is 15.7. The van der Waals surface area contributed by atoms with Gasteiger partial charge < -0.3 is 14.2 Å². The van der Waals surface area contributed by atoms with Crippen molar-refractivity contribution < 1.29 is 18.4 Å². The van der Waals surface area contributed by atoms with E-state index in [-0.39, 0.29) is 23.7 Å². The van der Waals surface area contributed by atoms with Crippen LogP contribution in [-0.2, 0) is 0 Å². The number of amides is 1. The number of ether oxygens (including phenoxy) is 1. The van der Waals surface area contributed by atoms with E-state index < -0.39 is 5.82 Å². The molecule has 0 unspecified atom stereocenters. The predicted molar refractivity (Wildman–Crippen MR) is 103 cm³/mol. The Hall–Kier alpha value is -3.22. The van der Waals surface area contributed by atoms with Gasteiger partial charge in [0.1, 0.15) is 23.4 Å². The molecule has 1 saturated carbocycles. The van der Waals surface area contributed by atoms with Crippen molar-refractivity contribution in [1.82, 2.24) is 15.0 Å². The third-order valence-corrected chi connectivity index (χ3v) is 5.87. The van der Waals surface area contributed by atoms with Crippen LogP contribution in [0, 0.1) is 17.7 Å². The molecule has 3 heterocycles. The number of carbonyl (C=O) groups excluding carboxylic acids is 1. The van der Waals surface area contributed by atoms with Crippen LogP contribution in [-0.4, -0.2) is 40.1 Å². The molecule has 1 aromatic carbocycles. The fraction of sp³-hybridized carbons (Fsp3) is 0.318. The van der Waals surface area contributed by atoms with Crippen molar-refractivity contribution in [2.45, 2.75) is 18.9 Å². The Labute approximate surface area is 167 Å². The average molecular weight is 393 g/mol. The van der Waals surface area contributed by atoms with E-state index in [9.17, 15) is 9.18 Å². The van der Waals surface area contributed by atoms with E-state index in [1.54, 1.807) is 35.5 Å². The minimum absolute atomic E-state index is 0.0747. The highest BCUT2D eigenvalue weighted by molar-refractivity contribution is 5.92. The highest BCUT2D eigenvalue weighted by atomic mass is 19.1. The van der Waals surface area contributed by atoms with Gasteiger partial charge in [0.05, 0.1) is 6.20 Å². The van der Waals surface area contributed by atoms with Gasteiger partial charge in [-0.1, -0.05) is 17.3 Å². The van der Waals surface area contributed by atoms with Crippen LogP contribution < -0.4 is 4.74 Å². The molecule has 0 N–H and O–H groups in total. The lowest BCUT2D eigenvalue weighted by molar-refractivity contribution is 0.0721. The molecule has 148 valence electrons. The molecule has 2 aromatic heterocycles. The van der Waals surface area contributed by atoms with Crippen molar-refractivity contribution >= 4 is 5.91 Å². The number of fused-ring (bicyclic) bond motifs is 1. The van der Waals surface area contributed by atoms with E-state index in [1.807, 2.05) is 12.1 Å². The quantitative estimate of drug-likeness (QED) is 0.674. The van der Waals surface area contributed by atoms with Gasteiger partial charge in [-0.2, -0.15) is 0 Å². The van der Waals surface area contributed by atoms with Gasteiger partial charge in [-0.15, -0.1) is 0 Å². The van der Waals surface area contributed by atoms with Gasteiger partial charge in [0, 0.05) is 36.8 Å². The first-order valence-corrected chi connectivity index (χ1v) is 9.76. The fourth-order valence-corrected chi connectivity index (χ4v) is 4.45. The van der Waals surface area contributed by atoms with Crippen molar-refractivity contribution in [3.05, 3.63) is 66.4 Å². The van der Waals surface area contributed by atoms with Crippen LogP contribution >= 0.6 is 0 Å². The topological polar surface area (TPSA) is 68.5 Å². The summed E-state index contributed by atoms with van der Waals surface area (Å²) in [5.74, 6) is 0.976. The summed E-state index contributed by atoms with van der Waals surface area (Å²) in [4.78, 5) is 18.8. The van der Waals surface area contributed by atoms with Gasteiger partial charge >= 0.3 is 0 Å². The smallest absolute Gasteiger partial charge is 0.292 e. The van der Waals surface area contributed by atoms with Gasteiger partial charge in [-0.3, -0.25) is 9.78 Å². The number of hydrogen-bond acceptors (Lipinski definition) is 5. The maximum atomic E-state index is 14.0. The summed E-state index contributed by atoms with van der Waals surface area (Å²) in [6.07, 6.45) is 5.50. The number of carbonyl (C=O) groups is 1. The number of likely N-dealkylation sites (tertiary alicyclic amines) is 1. The summed E-state index contributed by atoms with van der Waals surface area (Å²) in [6.45, 7) is 1.29. The van der Waals surface area contributed by atoms with Crippen molar-refractivity contribution in [1.29, 1.82) is 0 Å². The van der Waals surface area contributed by atoms with E-state index >= 15 is 0 Å². The second-order valence-electron chi connectivity index (χ2n) is 7.61. The van der Waals surface area contributed by atoms with Crippen LogP contribution in [0.2, 0.25) is 0 Å². The summed E-state index contributed by atoms with van der Waals surface area (Å²) < 4.78 is 25.3. The Balaban J connectivity index is 1.28. The molecule has 3 atom stereocenters. The van der Waals surface area contributed by atoms with Crippen LogP contribution in [0.25, 0.3) is 11.3 Å². The maximum Gasteiger partial charge on any atom is 0.292 e. The highest BCUT2D eigenvalue weighted by Gasteiger charge is 2.45. The van der Waals surface area contributed by atoms with Gasteiger partial charge in [0.15, 0.2) is 0 Å². The molecule has 0 bridgehead atoms. The molecule has 1 amide bonds. The molecule has 6 nitrogen and oxygen atoms in total. The van der Waals surface area contributed by atoms with Crippen molar-refractivity contribution in [3.8, 4) is 17.0 Å². The zero-order valence-corrected chi connectivity index (χ0v) is 15.7.